The molecule has 25 heavy (non-hydrogen) atoms. The van der Waals surface area contributed by atoms with Crippen LogP contribution < -0.4 is 14.8 Å². The minimum Gasteiger partial charge on any atom is -0.495 e. The van der Waals surface area contributed by atoms with Crippen LogP contribution in [0.3, 0.4) is 0 Å². The first-order chi connectivity index (χ1) is 11.8. The van der Waals surface area contributed by atoms with E-state index in [2.05, 4.69) is 10.0 Å². The van der Waals surface area contributed by atoms with Crippen LogP contribution in [-0.2, 0) is 10.0 Å². The van der Waals surface area contributed by atoms with E-state index in [4.69, 9.17) is 9.15 Å². The number of carbonyl (C=O) groups excluding carboxylic acids is 1. The second-order valence-corrected chi connectivity index (χ2v) is 7.75. The van der Waals surface area contributed by atoms with Crippen LogP contribution in [-0.4, -0.2) is 27.5 Å². The molecule has 1 aliphatic rings. The van der Waals surface area contributed by atoms with Gasteiger partial charge in [0.1, 0.15) is 17.3 Å². The molecule has 0 spiro atoms. The summed E-state index contributed by atoms with van der Waals surface area (Å²) in [5.74, 6) is 1.10. The fourth-order valence-electron chi connectivity index (χ4n) is 2.49. The molecule has 0 unspecified atom stereocenters. The van der Waals surface area contributed by atoms with Gasteiger partial charge >= 0.3 is 0 Å². The van der Waals surface area contributed by atoms with E-state index in [1.54, 1.807) is 19.9 Å². The quantitative estimate of drug-likeness (QED) is 0.821. The van der Waals surface area contributed by atoms with Crippen LogP contribution in [0.5, 0.6) is 5.75 Å². The highest BCUT2D eigenvalue weighted by atomic mass is 32.2. The SMILES string of the molecule is COc1ccc(S(=O)(=O)NC2CC2)cc1NC(=O)c1cc(C)oc1C. The molecule has 2 N–H and O–H groups in total. The lowest BCUT2D eigenvalue weighted by Gasteiger charge is -2.12. The number of hydrogen-bond acceptors (Lipinski definition) is 5. The van der Waals surface area contributed by atoms with E-state index in [0.717, 1.165) is 12.8 Å². The largest absolute Gasteiger partial charge is 0.495 e. The monoisotopic (exact) mass is 364 g/mol. The molecule has 1 aliphatic carbocycles. The van der Waals surface area contributed by atoms with Crippen LogP contribution in [0.2, 0.25) is 0 Å². The second kappa shape index (κ2) is 6.53. The Kier molecular flexibility index (Phi) is 4.57. The van der Waals surface area contributed by atoms with Crippen molar-refractivity contribution >= 4 is 21.6 Å². The molecule has 8 heteroatoms. The average Bonchev–Trinajstić information content (AvgIpc) is 3.28. The Morgan fingerprint density at radius 1 is 1.24 bits per heavy atom. The number of sulfonamides is 1. The van der Waals surface area contributed by atoms with Crippen molar-refractivity contribution in [1.29, 1.82) is 0 Å². The summed E-state index contributed by atoms with van der Waals surface area (Å²) in [4.78, 5) is 12.6. The fraction of sp³-hybridized carbons (Fsp3) is 0.353. The summed E-state index contributed by atoms with van der Waals surface area (Å²) in [6.07, 6.45) is 1.69. The molecule has 7 nitrogen and oxygen atoms in total. The summed E-state index contributed by atoms with van der Waals surface area (Å²) in [6, 6.07) is 5.99. The highest BCUT2D eigenvalue weighted by Gasteiger charge is 2.28. The van der Waals surface area contributed by atoms with Gasteiger partial charge in [-0.3, -0.25) is 4.79 Å². The molecule has 1 aromatic carbocycles. The molecular weight excluding hydrogens is 344 g/mol. The van der Waals surface area contributed by atoms with Crippen molar-refractivity contribution in [1.82, 2.24) is 4.72 Å². The van der Waals surface area contributed by atoms with E-state index >= 15 is 0 Å². The van der Waals surface area contributed by atoms with E-state index in [1.165, 1.54) is 25.3 Å². The second-order valence-electron chi connectivity index (χ2n) is 6.04. The lowest BCUT2D eigenvalue weighted by molar-refractivity contribution is 0.102. The molecule has 0 saturated heterocycles. The molecule has 1 fully saturated rings. The van der Waals surface area contributed by atoms with E-state index in [9.17, 15) is 13.2 Å². The molecule has 0 bridgehead atoms. The molecule has 3 rings (SSSR count). The summed E-state index contributed by atoms with van der Waals surface area (Å²) in [5.41, 5.74) is 0.674. The number of hydrogen-bond donors (Lipinski definition) is 2. The zero-order valence-electron chi connectivity index (χ0n) is 14.3. The number of methoxy groups -OCH3 is 1. The van der Waals surface area contributed by atoms with Gasteiger partial charge in [-0.2, -0.15) is 0 Å². The summed E-state index contributed by atoms with van der Waals surface area (Å²) in [6.45, 7) is 3.45. The van der Waals surface area contributed by atoms with Crippen LogP contribution >= 0.6 is 0 Å². The summed E-state index contributed by atoms with van der Waals surface area (Å²) >= 11 is 0. The lowest BCUT2D eigenvalue weighted by Crippen LogP contribution is -2.26. The third-order valence-corrected chi connectivity index (χ3v) is 5.43. The predicted molar refractivity (Wildman–Crippen MR) is 92.5 cm³/mol. The van der Waals surface area contributed by atoms with Crippen LogP contribution in [0.15, 0.2) is 33.6 Å². The third-order valence-electron chi connectivity index (χ3n) is 3.91. The first-order valence-electron chi connectivity index (χ1n) is 7.89. The maximum atomic E-state index is 12.5. The van der Waals surface area contributed by atoms with Gasteiger partial charge in [0.05, 0.1) is 23.3 Å². The Morgan fingerprint density at radius 3 is 2.52 bits per heavy atom. The van der Waals surface area contributed by atoms with Gasteiger partial charge in [0.15, 0.2) is 0 Å². The molecule has 0 radical (unpaired) electrons. The summed E-state index contributed by atoms with van der Waals surface area (Å²) in [5, 5.41) is 2.70. The van der Waals surface area contributed by atoms with Crippen molar-refractivity contribution in [2.75, 3.05) is 12.4 Å². The normalized spacial score (nSPS) is 14.4. The summed E-state index contributed by atoms with van der Waals surface area (Å²) in [7, 11) is -2.17. The number of amides is 1. The van der Waals surface area contributed by atoms with Gasteiger partial charge in [-0.1, -0.05) is 0 Å². The van der Waals surface area contributed by atoms with Gasteiger partial charge in [0.25, 0.3) is 5.91 Å². The average molecular weight is 364 g/mol. The maximum Gasteiger partial charge on any atom is 0.259 e. The van der Waals surface area contributed by atoms with Crippen molar-refractivity contribution in [3.05, 3.63) is 41.3 Å². The Hall–Kier alpha value is -2.32. The minimum absolute atomic E-state index is 0.00157. The Bertz CT molecular complexity index is 913. The molecule has 2 aromatic rings. The highest BCUT2D eigenvalue weighted by molar-refractivity contribution is 7.89. The van der Waals surface area contributed by atoms with Crippen molar-refractivity contribution in [2.45, 2.75) is 37.6 Å². The van der Waals surface area contributed by atoms with Crippen molar-refractivity contribution in [3.8, 4) is 5.75 Å². The van der Waals surface area contributed by atoms with E-state index in [1.807, 2.05) is 0 Å². The first kappa shape index (κ1) is 17.5. The van der Waals surface area contributed by atoms with E-state index < -0.39 is 15.9 Å². The van der Waals surface area contributed by atoms with Crippen LogP contribution in [0.25, 0.3) is 0 Å². The number of benzene rings is 1. The van der Waals surface area contributed by atoms with Crippen molar-refractivity contribution in [3.63, 3.8) is 0 Å². The van der Waals surface area contributed by atoms with E-state index in [-0.39, 0.29) is 16.6 Å². The number of carbonyl (C=O) groups is 1. The number of furan rings is 1. The van der Waals surface area contributed by atoms with E-state index in [0.29, 0.717) is 22.8 Å². The number of anilines is 1. The zero-order valence-corrected chi connectivity index (χ0v) is 15.1. The molecule has 134 valence electrons. The van der Waals surface area contributed by atoms with Gasteiger partial charge < -0.3 is 14.5 Å². The van der Waals surface area contributed by atoms with Gasteiger partial charge in [0.2, 0.25) is 10.0 Å². The Labute approximate surface area is 146 Å². The van der Waals surface area contributed by atoms with Gasteiger partial charge in [-0.05, 0) is 51.0 Å². The van der Waals surface area contributed by atoms with Crippen LogP contribution in [0.4, 0.5) is 5.69 Å². The molecule has 0 atom stereocenters. The number of rotatable bonds is 6. The molecule has 1 saturated carbocycles. The van der Waals surface area contributed by atoms with Gasteiger partial charge in [0, 0.05) is 6.04 Å². The first-order valence-corrected chi connectivity index (χ1v) is 9.37. The van der Waals surface area contributed by atoms with Gasteiger partial charge in [-0.15, -0.1) is 0 Å². The molecule has 1 amide bonds. The topological polar surface area (TPSA) is 97.6 Å². The zero-order chi connectivity index (χ0) is 18.2. The Balaban J connectivity index is 1.90. The molecule has 0 aliphatic heterocycles. The fourth-order valence-corrected chi connectivity index (χ4v) is 3.82. The number of ether oxygens (including phenoxy) is 1. The maximum absolute atomic E-state index is 12.5. The highest BCUT2D eigenvalue weighted by Crippen LogP contribution is 2.30. The standard InChI is InChI=1S/C17H20N2O5S/c1-10-8-14(11(2)24-10)17(20)18-15-9-13(6-7-16(15)23-3)25(21,22)19-12-4-5-12/h6-9,12,19H,4-5H2,1-3H3,(H,18,20). The van der Waals surface area contributed by atoms with Crippen LogP contribution in [0, 0.1) is 13.8 Å². The van der Waals surface area contributed by atoms with Gasteiger partial charge in [-0.25, -0.2) is 13.1 Å². The minimum atomic E-state index is -3.62. The number of aryl methyl sites for hydroxylation is 2. The third kappa shape index (κ3) is 3.85. The van der Waals surface area contributed by atoms with Crippen molar-refractivity contribution in [2.24, 2.45) is 0 Å². The smallest absolute Gasteiger partial charge is 0.259 e. The molecule has 1 heterocycles. The Morgan fingerprint density at radius 2 is 1.96 bits per heavy atom. The molecule has 1 aromatic heterocycles. The number of nitrogens with one attached hydrogen (secondary N) is 2. The lowest BCUT2D eigenvalue weighted by atomic mass is 10.2. The summed E-state index contributed by atoms with van der Waals surface area (Å²) < 4.78 is 37.9. The van der Waals surface area contributed by atoms with Crippen LogP contribution in [0.1, 0.15) is 34.7 Å². The van der Waals surface area contributed by atoms with Crippen molar-refractivity contribution < 1.29 is 22.4 Å². The molecular formula is C17H20N2O5S. The predicted octanol–water partition coefficient (Wildman–Crippen LogP) is 2.60.